The number of ether oxygens (including phenoxy) is 2. The minimum Gasteiger partial charge on any atom is -0.467 e. The number of hydrogen-bond donors (Lipinski definition) is 2. The van der Waals surface area contributed by atoms with Crippen LogP contribution in [0.4, 0.5) is 10.5 Å². The number of carbonyl (C=O) groups is 4. The van der Waals surface area contributed by atoms with Crippen molar-refractivity contribution in [3.05, 3.63) is 63.6 Å². The highest BCUT2D eigenvalue weighted by Gasteiger charge is 2.37. The van der Waals surface area contributed by atoms with Gasteiger partial charge in [0.25, 0.3) is 5.91 Å². The summed E-state index contributed by atoms with van der Waals surface area (Å²) >= 11 is 13.8. The zero-order valence-corrected chi connectivity index (χ0v) is 24.4. The fraction of sp³-hybridized carbons (Fsp3) is 0.407. The molecular formula is C27H31Cl2N3O6S. The Kier molecular flexibility index (Phi) is 10.5. The molecule has 0 radical (unpaired) electrons. The van der Waals surface area contributed by atoms with E-state index in [2.05, 4.69) is 10.6 Å². The summed E-state index contributed by atoms with van der Waals surface area (Å²) < 4.78 is 10.4. The number of nitrogens with zero attached hydrogens (tertiary/aromatic N) is 1. The molecule has 2 unspecified atom stereocenters. The van der Waals surface area contributed by atoms with E-state index in [1.807, 2.05) is 0 Å². The number of amides is 3. The predicted molar refractivity (Wildman–Crippen MR) is 153 cm³/mol. The summed E-state index contributed by atoms with van der Waals surface area (Å²) in [7, 11) is 1.24. The first-order chi connectivity index (χ1) is 18.4. The van der Waals surface area contributed by atoms with Gasteiger partial charge in [-0.05, 0) is 50.6 Å². The molecule has 0 saturated carbocycles. The van der Waals surface area contributed by atoms with E-state index in [9.17, 15) is 19.2 Å². The van der Waals surface area contributed by atoms with Crippen molar-refractivity contribution in [2.45, 2.75) is 44.9 Å². The van der Waals surface area contributed by atoms with Crippen LogP contribution in [0.1, 0.15) is 36.7 Å². The van der Waals surface area contributed by atoms with Gasteiger partial charge in [-0.2, -0.15) is 11.8 Å². The molecule has 3 amide bonds. The Hall–Kier alpha value is -2.95. The summed E-state index contributed by atoms with van der Waals surface area (Å²) in [5.74, 6) is -0.499. The maximum Gasteiger partial charge on any atom is 0.411 e. The fourth-order valence-electron chi connectivity index (χ4n) is 3.83. The first-order valence-corrected chi connectivity index (χ1v) is 14.1. The third-order valence-corrected chi connectivity index (χ3v) is 7.36. The highest BCUT2D eigenvalue weighted by molar-refractivity contribution is 7.99. The van der Waals surface area contributed by atoms with E-state index in [0.717, 1.165) is 0 Å². The van der Waals surface area contributed by atoms with Gasteiger partial charge in [0.15, 0.2) is 0 Å². The van der Waals surface area contributed by atoms with Gasteiger partial charge < -0.3 is 20.1 Å². The van der Waals surface area contributed by atoms with E-state index < -0.39 is 41.6 Å². The van der Waals surface area contributed by atoms with Gasteiger partial charge in [-0.3, -0.25) is 14.5 Å². The lowest BCUT2D eigenvalue weighted by atomic mass is 10.0. The zero-order chi connectivity index (χ0) is 28.7. The molecule has 1 aliphatic heterocycles. The molecule has 2 atom stereocenters. The van der Waals surface area contributed by atoms with Crippen LogP contribution >= 0.6 is 35.0 Å². The van der Waals surface area contributed by atoms with Crippen molar-refractivity contribution >= 4 is 64.5 Å². The van der Waals surface area contributed by atoms with Gasteiger partial charge in [-0.25, -0.2) is 9.59 Å². The highest BCUT2D eigenvalue weighted by Crippen LogP contribution is 2.26. The molecule has 39 heavy (non-hydrogen) atoms. The molecule has 1 saturated heterocycles. The summed E-state index contributed by atoms with van der Waals surface area (Å²) in [4.78, 5) is 52.5. The van der Waals surface area contributed by atoms with Gasteiger partial charge >= 0.3 is 12.1 Å². The van der Waals surface area contributed by atoms with Crippen molar-refractivity contribution in [2.75, 3.05) is 30.5 Å². The molecule has 0 aliphatic carbocycles. The van der Waals surface area contributed by atoms with Crippen molar-refractivity contribution in [1.82, 2.24) is 10.2 Å². The molecule has 1 aliphatic rings. The first kappa shape index (κ1) is 30.6. The lowest BCUT2D eigenvalue weighted by Gasteiger charge is -2.36. The Morgan fingerprint density at radius 1 is 1.08 bits per heavy atom. The summed E-state index contributed by atoms with van der Waals surface area (Å²) in [5.41, 5.74) is 0.662. The Bertz CT molecular complexity index is 1200. The van der Waals surface area contributed by atoms with Crippen molar-refractivity contribution in [2.24, 2.45) is 0 Å². The SMILES string of the molecule is COC(=O)C(Cc1ccc(NC(=O)c2c(Cl)cccc2Cl)cc1)NC(=O)C1CSCCN1C(=O)OC(C)(C)C. The molecule has 12 heteroatoms. The van der Waals surface area contributed by atoms with E-state index in [-0.39, 0.29) is 22.0 Å². The van der Waals surface area contributed by atoms with Crippen LogP contribution in [0.25, 0.3) is 0 Å². The summed E-state index contributed by atoms with van der Waals surface area (Å²) in [6, 6.07) is 9.78. The highest BCUT2D eigenvalue weighted by atomic mass is 35.5. The van der Waals surface area contributed by atoms with E-state index in [1.165, 1.54) is 12.0 Å². The number of esters is 1. The molecule has 3 rings (SSSR count). The third kappa shape index (κ3) is 8.52. The van der Waals surface area contributed by atoms with Crippen molar-refractivity contribution < 1.29 is 28.7 Å². The van der Waals surface area contributed by atoms with Crippen molar-refractivity contribution in [1.29, 1.82) is 0 Å². The van der Waals surface area contributed by atoms with Crippen LogP contribution in [0.15, 0.2) is 42.5 Å². The Morgan fingerprint density at radius 3 is 2.31 bits per heavy atom. The van der Waals surface area contributed by atoms with Gasteiger partial charge in [0.1, 0.15) is 17.7 Å². The number of nitrogens with one attached hydrogen (secondary N) is 2. The number of carbonyl (C=O) groups excluding carboxylic acids is 4. The molecule has 0 spiro atoms. The summed E-state index contributed by atoms with van der Waals surface area (Å²) in [5, 5.41) is 5.94. The maximum absolute atomic E-state index is 13.2. The average molecular weight is 597 g/mol. The van der Waals surface area contributed by atoms with Crippen LogP contribution in [0, 0.1) is 0 Å². The van der Waals surface area contributed by atoms with Gasteiger partial charge in [0.2, 0.25) is 5.91 Å². The minimum atomic E-state index is -0.989. The molecule has 1 fully saturated rings. The normalized spacial score (nSPS) is 16.2. The number of methoxy groups -OCH3 is 1. The molecule has 2 aromatic rings. The van der Waals surface area contributed by atoms with Crippen LogP contribution in [0.5, 0.6) is 0 Å². The molecule has 9 nitrogen and oxygen atoms in total. The average Bonchev–Trinajstić information content (AvgIpc) is 2.87. The standard InChI is InChI=1S/C27H31Cl2N3O6S/c1-27(2,3)38-26(36)32-12-13-39-15-21(32)23(33)31-20(25(35)37-4)14-16-8-10-17(11-9-16)30-24(34)22-18(28)6-5-7-19(22)29/h5-11,20-21H,12-15H2,1-4H3,(H,30,34)(H,31,33). The number of benzene rings is 2. The van der Waals surface area contributed by atoms with Gasteiger partial charge in [0.05, 0.1) is 22.7 Å². The maximum atomic E-state index is 13.2. The third-order valence-electron chi connectivity index (χ3n) is 5.70. The van der Waals surface area contributed by atoms with Crippen LogP contribution < -0.4 is 10.6 Å². The molecule has 1 heterocycles. The number of rotatable bonds is 7. The quantitative estimate of drug-likeness (QED) is 0.442. The second-order valence-corrected chi connectivity index (χ2v) is 11.8. The van der Waals surface area contributed by atoms with Gasteiger partial charge in [0, 0.05) is 30.2 Å². The zero-order valence-electron chi connectivity index (χ0n) is 22.1. The van der Waals surface area contributed by atoms with E-state index >= 15 is 0 Å². The van der Waals surface area contributed by atoms with Crippen molar-refractivity contribution in [3.8, 4) is 0 Å². The minimum absolute atomic E-state index is 0.134. The second kappa shape index (κ2) is 13.4. The monoisotopic (exact) mass is 595 g/mol. The molecule has 0 bridgehead atoms. The van der Waals surface area contributed by atoms with Crippen LogP contribution in [-0.4, -0.2) is 71.6 Å². The summed E-state index contributed by atoms with van der Waals surface area (Å²) in [6.07, 6.45) is -0.441. The van der Waals surface area contributed by atoms with Crippen molar-refractivity contribution in [3.63, 3.8) is 0 Å². The number of halogens is 2. The van der Waals surface area contributed by atoms with Crippen LogP contribution in [-0.2, 0) is 25.5 Å². The van der Waals surface area contributed by atoms with E-state index in [4.69, 9.17) is 32.7 Å². The number of thioether (sulfide) groups is 1. The van der Waals surface area contributed by atoms with E-state index in [0.29, 0.717) is 29.3 Å². The lowest BCUT2D eigenvalue weighted by molar-refractivity contribution is -0.145. The molecule has 2 aromatic carbocycles. The largest absolute Gasteiger partial charge is 0.467 e. The Balaban J connectivity index is 1.68. The van der Waals surface area contributed by atoms with Crippen LogP contribution in [0.3, 0.4) is 0 Å². The molecule has 210 valence electrons. The first-order valence-electron chi connectivity index (χ1n) is 12.2. The number of anilines is 1. The molecule has 0 aromatic heterocycles. The number of hydrogen-bond acceptors (Lipinski definition) is 7. The molecular weight excluding hydrogens is 565 g/mol. The smallest absolute Gasteiger partial charge is 0.411 e. The van der Waals surface area contributed by atoms with E-state index in [1.54, 1.807) is 75.0 Å². The topological polar surface area (TPSA) is 114 Å². The van der Waals surface area contributed by atoms with Gasteiger partial charge in [-0.15, -0.1) is 0 Å². The fourth-order valence-corrected chi connectivity index (χ4v) is 5.45. The second-order valence-electron chi connectivity index (χ2n) is 9.80. The lowest BCUT2D eigenvalue weighted by Crippen LogP contribution is -2.57. The Labute approximate surface area is 241 Å². The molecule has 2 N–H and O–H groups in total. The van der Waals surface area contributed by atoms with Gasteiger partial charge in [-0.1, -0.05) is 41.4 Å². The predicted octanol–water partition coefficient (Wildman–Crippen LogP) is 4.80. The van der Waals surface area contributed by atoms with Crippen LogP contribution in [0.2, 0.25) is 10.0 Å². The Morgan fingerprint density at radius 2 is 1.72 bits per heavy atom. The summed E-state index contributed by atoms with van der Waals surface area (Å²) in [6.45, 7) is 5.63.